The van der Waals surface area contributed by atoms with E-state index in [9.17, 15) is 14.4 Å². The van der Waals surface area contributed by atoms with E-state index in [0.29, 0.717) is 19.3 Å². The molecule has 0 rings (SSSR count). The molecule has 0 saturated heterocycles. The zero-order valence-corrected chi connectivity index (χ0v) is 44.0. The summed E-state index contributed by atoms with van der Waals surface area (Å²) in [5.41, 5.74) is 0. The molecule has 0 heterocycles. The Balaban J connectivity index is 4.20. The molecule has 1 atom stereocenters. The maximum atomic E-state index is 12.8. The number of rotatable bonds is 54. The molecule has 65 heavy (non-hydrogen) atoms. The lowest BCUT2D eigenvalue weighted by molar-refractivity contribution is -0.167. The van der Waals surface area contributed by atoms with E-state index in [1.54, 1.807) is 0 Å². The molecule has 6 heteroatoms. The fourth-order valence-electron chi connectivity index (χ4n) is 8.85. The second-order valence-electron chi connectivity index (χ2n) is 19.9. The third-order valence-corrected chi connectivity index (χ3v) is 13.3. The summed E-state index contributed by atoms with van der Waals surface area (Å²) in [4.78, 5) is 38.0. The first-order chi connectivity index (χ1) is 32.0. The highest BCUT2D eigenvalue weighted by molar-refractivity contribution is 5.71. The largest absolute Gasteiger partial charge is 0.462 e. The molecule has 0 radical (unpaired) electrons. The maximum Gasteiger partial charge on any atom is 0.306 e. The third-order valence-electron chi connectivity index (χ3n) is 13.3. The van der Waals surface area contributed by atoms with Gasteiger partial charge in [-0.1, -0.05) is 277 Å². The van der Waals surface area contributed by atoms with Crippen molar-refractivity contribution in [2.45, 2.75) is 335 Å². The van der Waals surface area contributed by atoms with E-state index in [4.69, 9.17) is 14.2 Å². The zero-order valence-electron chi connectivity index (χ0n) is 44.0. The molecule has 0 bridgehead atoms. The Kier molecular flexibility index (Phi) is 53.2. The van der Waals surface area contributed by atoms with Crippen molar-refractivity contribution in [2.24, 2.45) is 0 Å². The lowest BCUT2D eigenvalue weighted by Crippen LogP contribution is -2.30. The topological polar surface area (TPSA) is 78.9 Å². The lowest BCUT2D eigenvalue weighted by atomic mass is 10.0. The Morgan fingerprint density at radius 1 is 0.292 bits per heavy atom. The van der Waals surface area contributed by atoms with Gasteiger partial charge in [0.25, 0.3) is 0 Å². The fourth-order valence-corrected chi connectivity index (χ4v) is 8.85. The molecule has 0 N–H and O–H groups in total. The first-order valence-electron chi connectivity index (χ1n) is 29.2. The number of carbonyl (C=O) groups excluding carboxylic acids is 3. The van der Waals surface area contributed by atoms with Crippen LogP contribution >= 0.6 is 0 Å². The van der Waals surface area contributed by atoms with Gasteiger partial charge in [0.2, 0.25) is 0 Å². The second kappa shape index (κ2) is 54.8. The molecule has 1 unspecified atom stereocenters. The van der Waals surface area contributed by atoms with Gasteiger partial charge in [-0.2, -0.15) is 0 Å². The Bertz CT molecular complexity index is 1010. The number of carbonyl (C=O) groups is 3. The van der Waals surface area contributed by atoms with Gasteiger partial charge in [0, 0.05) is 19.3 Å². The number of ether oxygens (including phenoxy) is 3. The van der Waals surface area contributed by atoms with Gasteiger partial charge in [-0.25, -0.2) is 0 Å². The third kappa shape index (κ3) is 53.0. The quantitative estimate of drug-likeness (QED) is 0.0262. The average Bonchev–Trinajstić information content (AvgIpc) is 3.30. The summed E-state index contributed by atoms with van der Waals surface area (Å²) in [5.74, 6) is -0.855. The Hall–Kier alpha value is -1.85. The zero-order chi connectivity index (χ0) is 47.2. The van der Waals surface area contributed by atoms with Crippen molar-refractivity contribution in [1.29, 1.82) is 0 Å². The van der Waals surface area contributed by atoms with E-state index in [0.717, 1.165) is 64.2 Å². The first-order valence-corrected chi connectivity index (χ1v) is 29.2. The Labute approximate surface area is 405 Å². The number of unbranched alkanes of at least 4 members (excludes halogenated alkanes) is 41. The van der Waals surface area contributed by atoms with Crippen LogP contribution in [-0.4, -0.2) is 37.2 Å². The lowest BCUT2D eigenvalue weighted by Gasteiger charge is -2.18. The summed E-state index contributed by atoms with van der Waals surface area (Å²) in [7, 11) is 0. The Morgan fingerprint density at radius 3 is 0.769 bits per heavy atom. The van der Waals surface area contributed by atoms with Crippen molar-refractivity contribution in [1.82, 2.24) is 0 Å². The predicted octanol–water partition coefficient (Wildman–Crippen LogP) is 19.3. The number of allylic oxidation sites excluding steroid dienone is 2. The van der Waals surface area contributed by atoms with Crippen LogP contribution in [0.5, 0.6) is 0 Å². The molecule has 0 fully saturated rings. The summed E-state index contributed by atoms with van der Waals surface area (Å²) in [6, 6.07) is 0. The smallest absolute Gasteiger partial charge is 0.306 e. The minimum atomic E-state index is -0.768. The van der Waals surface area contributed by atoms with Crippen LogP contribution in [0.3, 0.4) is 0 Å². The van der Waals surface area contributed by atoms with E-state index in [1.807, 2.05) is 0 Å². The van der Waals surface area contributed by atoms with Crippen molar-refractivity contribution >= 4 is 17.9 Å². The molecule has 6 nitrogen and oxygen atoms in total. The van der Waals surface area contributed by atoms with Crippen LogP contribution in [0.25, 0.3) is 0 Å². The van der Waals surface area contributed by atoms with Crippen LogP contribution in [0.15, 0.2) is 12.2 Å². The first kappa shape index (κ1) is 63.1. The van der Waals surface area contributed by atoms with E-state index >= 15 is 0 Å². The van der Waals surface area contributed by atoms with Crippen LogP contribution in [-0.2, 0) is 28.6 Å². The van der Waals surface area contributed by atoms with Gasteiger partial charge in [-0.15, -0.1) is 0 Å². The van der Waals surface area contributed by atoms with Gasteiger partial charge in [-0.05, 0) is 44.9 Å². The predicted molar refractivity (Wildman–Crippen MR) is 280 cm³/mol. The minimum absolute atomic E-state index is 0.0677. The summed E-state index contributed by atoms with van der Waals surface area (Å²) >= 11 is 0. The molecule has 0 aliphatic carbocycles. The van der Waals surface area contributed by atoms with Crippen LogP contribution in [0, 0.1) is 0 Å². The van der Waals surface area contributed by atoms with Gasteiger partial charge in [-0.3, -0.25) is 14.4 Å². The normalized spacial score (nSPS) is 12.0. The molecule has 0 aromatic rings. The monoisotopic (exact) mass is 917 g/mol. The van der Waals surface area contributed by atoms with Gasteiger partial charge >= 0.3 is 17.9 Å². The van der Waals surface area contributed by atoms with Crippen LogP contribution < -0.4 is 0 Å². The fraction of sp³-hybridized carbons (Fsp3) is 0.915. The van der Waals surface area contributed by atoms with E-state index in [1.165, 1.54) is 225 Å². The van der Waals surface area contributed by atoms with Gasteiger partial charge < -0.3 is 14.2 Å². The highest BCUT2D eigenvalue weighted by Crippen LogP contribution is 2.17. The molecule has 0 aliphatic rings. The summed E-state index contributed by atoms with van der Waals surface area (Å²) in [6.07, 6.45) is 62.1. The highest BCUT2D eigenvalue weighted by atomic mass is 16.6. The van der Waals surface area contributed by atoms with Crippen LogP contribution in [0.2, 0.25) is 0 Å². The molecule has 0 saturated carbocycles. The number of hydrogen-bond acceptors (Lipinski definition) is 6. The van der Waals surface area contributed by atoms with Crippen molar-refractivity contribution in [3.63, 3.8) is 0 Å². The molecule has 384 valence electrons. The summed E-state index contributed by atoms with van der Waals surface area (Å²) < 4.78 is 16.8. The molecule has 0 spiro atoms. The van der Waals surface area contributed by atoms with Crippen LogP contribution in [0.1, 0.15) is 329 Å². The molecule has 0 amide bonds. The van der Waals surface area contributed by atoms with Crippen molar-refractivity contribution in [3.05, 3.63) is 12.2 Å². The average molecular weight is 918 g/mol. The van der Waals surface area contributed by atoms with E-state index < -0.39 is 6.10 Å². The second-order valence-corrected chi connectivity index (χ2v) is 19.9. The molecular formula is C59H112O6. The molecule has 0 aromatic carbocycles. The summed E-state index contributed by atoms with van der Waals surface area (Å²) in [6.45, 7) is 6.67. The van der Waals surface area contributed by atoms with E-state index in [-0.39, 0.29) is 31.1 Å². The Morgan fingerprint density at radius 2 is 0.508 bits per heavy atom. The summed E-state index contributed by atoms with van der Waals surface area (Å²) in [5, 5.41) is 0. The van der Waals surface area contributed by atoms with E-state index in [2.05, 4.69) is 32.9 Å². The molecular weight excluding hydrogens is 805 g/mol. The van der Waals surface area contributed by atoms with Gasteiger partial charge in [0.05, 0.1) is 0 Å². The number of esters is 3. The standard InChI is InChI=1S/C59H112O6/c1-4-7-10-13-16-19-22-24-26-27-28-29-30-31-32-34-35-37-40-43-46-49-52-58(61)64-55-56(54-63-57(60)51-48-45-42-39-21-18-15-12-9-6-3)65-59(62)53-50-47-44-41-38-36-33-25-23-20-17-14-11-8-5-2/h25,33,56H,4-24,26-32,34-55H2,1-3H3/b33-25-. The van der Waals surface area contributed by atoms with Crippen LogP contribution in [0.4, 0.5) is 0 Å². The van der Waals surface area contributed by atoms with Crippen molar-refractivity contribution < 1.29 is 28.6 Å². The molecule has 0 aromatic heterocycles. The van der Waals surface area contributed by atoms with Crippen molar-refractivity contribution in [3.8, 4) is 0 Å². The highest BCUT2D eigenvalue weighted by Gasteiger charge is 2.19. The molecule has 0 aliphatic heterocycles. The SMILES string of the molecule is CCCCCCCC/C=C\CCCCCCCC(=O)OC(COC(=O)CCCCCCCCCCCC)COC(=O)CCCCCCCCCCCCCCCCCCCCCCCC. The minimum Gasteiger partial charge on any atom is -0.462 e. The van der Waals surface area contributed by atoms with Gasteiger partial charge in [0.1, 0.15) is 13.2 Å². The maximum absolute atomic E-state index is 12.8. The number of hydrogen-bond donors (Lipinski definition) is 0. The van der Waals surface area contributed by atoms with Gasteiger partial charge in [0.15, 0.2) is 6.10 Å². The van der Waals surface area contributed by atoms with Crippen molar-refractivity contribution in [2.75, 3.05) is 13.2 Å².